The Hall–Kier alpha value is -1.61. The first kappa shape index (κ1) is 23.7. The van der Waals surface area contributed by atoms with E-state index < -0.39 is 0 Å². The van der Waals surface area contributed by atoms with E-state index in [0.717, 1.165) is 56.0 Å². The Morgan fingerprint density at radius 3 is 2.52 bits per heavy atom. The zero-order valence-corrected chi connectivity index (χ0v) is 20.3. The molecule has 0 aliphatic carbocycles. The SMILES string of the molecule is CN=C(NCC1CCN(Cc2nc(C)c(C)o2)CC1)N(C)Cc1ccccc1.I. The number of piperidine rings is 1. The van der Waals surface area contributed by atoms with Crippen LogP contribution in [0.25, 0.3) is 0 Å². The third kappa shape index (κ3) is 6.99. The van der Waals surface area contributed by atoms with E-state index in [2.05, 4.69) is 56.4 Å². The molecule has 0 bridgehead atoms. The fourth-order valence-corrected chi connectivity index (χ4v) is 3.70. The summed E-state index contributed by atoms with van der Waals surface area (Å²) < 4.78 is 5.73. The summed E-state index contributed by atoms with van der Waals surface area (Å²) in [5, 5.41) is 3.56. The molecule has 2 aromatic rings. The number of guanidine groups is 1. The van der Waals surface area contributed by atoms with Gasteiger partial charge in [-0.05, 0) is 51.3 Å². The van der Waals surface area contributed by atoms with Gasteiger partial charge in [0, 0.05) is 27.2 Å². The molecular formula is C22H34IN5O. The highest BCUT2D eigenvalue weighted by Gasteiger charge is 2.21. The first-order chi connectivity index (χ1) is 13.5. The molecule has 29 heavy (non-hydrogen) atoms. The normalized spacial score (nSPS) is 15.8. The van der Waals surface area contributed by atoms with Gasteiger partial charge in [0.1, 0.15) is 5.76 Å². The molecule has 0 amide bonds. The van der Waals surface area contributed by atoms with E-state index in [1.165, 1.54) is 18.4 Å². The number of rotatable bonds is 6. The number of aliphatic imine (C=N–C) groups is 1. The highest BCUT2D eigenvalue weighted by atomic mass is 127. The van der Waals surface area contributed by atoms with Crippen molar-refractivity contribution in [2.75, 3.05) is 33.7 Å². The Balaban J connectivity index is 0.00000300. The molecule has 7 heteroatoms. The van der Waals surface area contributed by atoms with Gasteiger partial charge in [-0.25, -0.2) is 4.98 Å². The fourth-order valence-electron chi connectivity index (χ4n) is 3.70. The van der Waals surface area contributed by atoms with Gasteiger partial charge < -0.3 is 14.6 Å². The molecule has 1 aromatic heterocycles. The van der Waals surface area contributed by atoms with Crippen LogP contribution in [0.2, 0.25) is 0 Å². The number of likely N-dealkylation sites (tertiary alicyclic amines) is 1. The Morgan fingerprint density at radius 1 is 1.24 bits per heavy atom. The van der Waals surface area contributed by atoms with Gasteiger partial charge in [-0.3, -0.25) is 9.89 Å². The van der Waals surface area contributed by atoms with Gasteiger partial charge in [0.15, 0.2) is 5.96 Å². The maximum atomic E-state index is 5.73. The number of nitrogens with zero attached hydrogens (tertiary/aromatic N) is 4. The van der Waals surface area contributed by atoms with Crippen molar-refractivity contribution < 1.29 is 4.42 Å². The number of aromatic nitrogens is 1. The summed E-state index contributed by atoms with van der Waals surface area (Å²) >= 11 is 0. The van der Waals surface area contributed by atoms with E-state index in [-0.39, 0.29) is 24.0 Å². The first-order valence-corrected chi connectivity index (χ1v) is 10.2. The maximum absolute atomic E-state index is 5.73. The van der Waals surface area contributed by atoms with Crippen LogP contribution in [0.5, 0.6) is 0 Å². The summed E-state index contributed by atoms with van der Waals surface area (Å²) in [6.45, 7) is 8.80. The van der Waals surface area contributed by atoms with Crippen LogP contribution in [0, 0.1) is 19.8 Å². The van der Waals surface area contributed by atoms with Crippen LogP contribution >= 0.6 is 24.0 Å². The number of aryl methyl sites for hydroxylation is 2. The Bertz CT molecular complexity index is 749. The second kappa shape index (κ2) is 11.5. The van der Waals surface area contributed by atoms with E-state index in [4.69, 9.17) is 4.42 Å². The van der Waals surface area contributed by atoms with Crippen LogP contribution in [-0.2, 0) is 13.1 Å². The average Bonchev–Trinajstić information content (AvgIpc) is 3.01. The van der Waals surface area contributed by atoms with E-state index >= 15 is 0 Å². The quantitative estimate of drug-likeness (QED) is 0.363. The minimum atomic E-state index is 0. The summed E-state index contributed by atoms with van der Waals surface area (Å²) in [5.41, 5.74) is 2.29. The number of oxazole rings is 1. The van der Waals surface area contributed by atoms with E-state index in [1.807, 2.05) is 27.0 Å². The molecule has 1 fully saturated rings. The van der Waals surface area contributed by atoms with Crippen molar-refractivity contribution in [3.63, 3.8) is 0 Å². The molecular weight excluding hydrogens is 477 g/mol. The van der Waals surface area contributed by atoms with Gasteiger partial charge in [-0.15, -0.1) is 24.0 Å². The molecule has 6 nitrogen and oxygen atoms in total. The lowest BCUT2D eigenvalue weighted by molar-refractivity contribution is 0.163. The Kier molecular flexibility index (Phi) is 9.42. The lowest BCUT2D eigenvalue weighted by Gasteiger charge is -2.32. The van der Waals surface area contributed by atoms with Crippen LogP contribution < -0.4 is 5.32 Å². The highest BCUT2D eigenvalue weighted by Crippen LogP contribution is 2.19. The summed E-state index contributed by atoms with van der Waals surface area (Å²) in [7, 11) is 3.94. The molecule has 160 valence electrons. The molecule has 2 heterocycles. The number of nitrogens with one attached hydrogen (secondary N) is 1. The summed E-state index contributed by atoms with van der Waals surface area (Å²) in [4.78, 5) is 13.6. The highest BCUT2D eigenvalue weighted by molar-refractivity contribution is 14.0. The third-order valence-electron chi connectivity index (χ3n) is 5.52. The van der Waals surface area contributed by atoms with E-state index in [0.29, 0.717) is 5.92 Å². The number of benzene rings is 1. The van der Waals surface area contributed by atoms with E-state index in [9.17, 15) is 0 Å². The average molecular weight is 511 g/mol. The van der Waals surface area contributed by atoms with Gasteiger partial charge in [0.05, 0.1) is 12.2 Å². The standard InChI is InChI=1S/C22H33N5O.HI/c1-17-18(2)28-21(25-17)16-27-12-10-19(11-13-27)14-24-22(23-3)26(4)15-20-8-6-5-7-9-20;/h5-9,19H,10-16H2,1-4H3,(H,23,24);1H. The smallest absolute Gasteiger partial charge is 0.208 e. The molecule has 3 rings (SSSR count). The zero-order chi connectivity index (χ0) is 19.9. The lowest BCUT2D eigenvalue weighted by atomic mass is 9.97. The number of hydrogen-bond acceptors (Lipinski definition) is 4. The van der Waals surface area contributed by atoms with Crippen molar-refractivity contribution in [2.24, 2.45) is 10.9 Å². The van der Waals surface area contributed by atoms with Crippen LogP contribution in [0.3, 0.4) is 0 Å². The van der Waals surface area contributed by atoms with Crippen molar-refractivity contribution in [1.29, 1.82) is 0 Å². The second-order valence-electron chi connectivity index (χ2n) is 7.74. The largest absolute Gasteiger partial charge is 0.444 e. The van der Waals surface area contributed by atoms with Crippen LogP contribution in [0.1, 0.15) is 35.7 Å². The third-order valence-corrected chi connectivity index (χ3v) is 5.52. The fraction of sp³-hybridized carbons (Fsp3) is 0.545. The molecule has 1 aromatic carbocycles. The van der Waals surface area contributed by atoms with Crippen molar-refractivity contribution in [3.05, 3.63) is 53.2 Å². The van der Waals surface area contributed by atoms with Crippen LogP contribution in [0.4, 0.5) is 0 Å². The predicted molar refractivity (Wildman–Crippen MR) is 129 cm³/mol. The molecule has 1 aliphatic heterocycles. The zero-order valence-electron chi connectivity index (χ0n) is 18.0. The van der Waals surface area contributed by atoms with Crippen molar-refractivity contribution in [3.8, 4) is 0 Å². The van der Waals surface area contributed by atoms with Gasteiger partial charge >= 0.3 is 0 Å². The first-order valence-electron chi connectivity index (χ1n) is 10.2. The van der Waals surface area contributed by atoms with Crippen molar-refractivity contribution in [2.45, 2.75) is 39.8 Å². The predicted octanol–water partition coefficient (Wildman–Crippen LogP) is 3.83. The van der Waals surface area contributed by atoms with Crippen molar-refractivity contribution >= 4 is 29.9 Å². The van der Waals surface area contributed by atoms with Gasteiger partial charge in [-0.1, -0.05) is 30.3 Å². The minimum absolute atomic E-state index is 0. The minimum Gasteiger partial charge on any atom is -0.444 e. The van der Waals surface area contributed by atoms with Crippen LogP contribution in [-0.4, -0.2) is 54.5 Å². The van der Waals surface area contributed by atoms with Gasteiger partial charge in [-0.2, -0.15) is 0 Å². The van der Waals surface area contributed by atoms with Gasteiger partial charge in [0.25, 0.3) is 0 Å². The lowest BCUT2D eigenvalue weighted by Crippen LogP contribution is -2.43. The molecule has 0 unspecified atom stereocenters. The Labute approximate surface area is 191 Å². The van der Waals surface area contributed by atoms with Gasteiger partial charge in [0.2, 0.25) is 5.89 Å². The molecule has 1 N–H and O–H groups in total. The van der Waals surface area contributed by atoms with E-state index in [1.54, 1.807) is 0 Å². The molecule has 0 atom stereocenters. The molecule has 0 spiro atoms. The van der Waals surface area contributed by atoms with Crippen LogP contribution in [0.15, 0.2) is 39.7 Å². The molecule has 1 saturated heterocycles. The molecule has 1 aliphatic rings. The summed E-state index contributed by atoms with van der Waals surface area (Å²) in [6.07, 6.45) is 2.37. The summed E-state index contributed by atoms with van der Waals surface area (Å²) in [6, 6.07) is 10.5. The molecule has 0 radical (unpaired) electrons. The Morgan fingerprint density at radius 2 is 1.93 bits per heavy atom. The van der Waals surface area contributed by atoms with Crippen molar-refractivity contribution in [1.82, 2.24) is 20.1 Å². The second-order valence-corrected chi connectivity index (χ2v) is 7.74. The summed E-state index contributed by atoms with van der Waals surface area (Å²) in [5.74, 6) is 3.40. The topological polar surface area (TPSA) is 56.9 Å². The number of hydrogen-bond donors (Lipinski definition) is 1. The maximum Gasteiger partial charge on any atom is 0.208 e. The number of halogens is 1. The molecule has 0 saturated carbocycles. The monoisotopic (exact) mass is 511 g/mol.